The molecule has 1 fully saturated rings. The van der Waals surface area contributed by atoms with Crippen LogP contribution in [-0.4, -0.2) is 10.1 Å². The highest BCUT2D eigenvalue weighted by Crippen LogP contribution is 2.40. The first-order valence-corrected chi connectivity index (χ1v) is 4.35. The Kier molecular flexibility index (Phi) is 1.65. The minimum absolute atomic E-state index is 0.557. The Morgan fingerprint density at radius 3 is 2.67 bits per heavy atom. The van der Waals surface area contributed by atoms with Crippen LogP contribution in [0.2, 0.25) is 0 Å². The zero-order chi connectivity index (χ0) is 8.60. The molecular weight excluding hydrogens is 150 g/mol. The molecule has 1 aromatic heterocycles. The minimum atomic E-state index is -0.557. The molecule has 0 unspecified atom stereocenters. The van der Waals surface area contributed by atoms with E-state index >= 15 is 0 Å². The summed E-state index contributed by atoms with van der Waals surface area (Å²) < 4.78 is 0. The predicted octanol–water partition coefficient (Wildman–Crippen LogP) is 1.76. The van der Waals surface area contributed by atoms with Gasteiger partial charge in [0, 0.05) is 18.0 Å². The first-order valence-electron chi connectivity index (χ1n) is 4.35. The SMILES string of the molecule is Cc1cncc(C2(O)CCC2)c1. The van der Waals surface area contributed by atoms with E-state index in [0.717, 1.165) is 30.4 Å². The fourth-order valence-corrected chi connectivity index (χ4v) is 1.61. The molecule has 0 radical (unpaired) electrons. The maximum atomic E-state index is 9.97. The Hall–Kier alpha value is -0.890. The van der Waals surface area contributed by atoms with E-state index in [1.54, 1.807) is 6.20 Å². The summed E-state index contributed by atoms with van der Waals surface area (Å²) >= 11 is 0. The van der Waals surface area contributed by atoms with Crippen LogP contribution in [0.25, 0.3) is 0 Å². The number of aliphatic hydroxyl groups is 1. The third-order valence-electron chi connectivity index (χ3n) is 2.59. The monoisotopic (exact) mass is 163 g/mol. The Labute approximate surface area is 72.3 Å². The van der Waals surface area contributed by atoms with Gasteiger partial charge in [-0.1, -0.05) is 6.07 Å². The van der Waals surface area contributed by atoms with Crippen molar-refractivity contribution in [2.24, 2.45) is 0 Å². The molecule has 0 amide bonds. The molecule has 64 valence electrons. The quantitative estimate of drug-likeness (QED) is 0.684. The molecule has 0 atom stereocenters. The number of hydrogen-bond donors (Lipinski definition) is 1. The molecular formula is C10H13NO. The highest BCUT2D eigenvalue weighted by atomic mass is 16.3. The van der Waals surface area contributed by atoms with Crippen LogP contribution in [0.1, 0.15) is 30.4 Å². The van der Waals surface area contributed by atoms with Gasteiger partial charge in [-0.2, -0.15) is 0 Å². The molecule has 2 heteroatoms. The Balaban J connectivity index is 2.33. The van der Waals surface area contributed by atoms with Crippen molar-refractivity contribution in [3.05, 3.63) is 29.6 Å². The van der Waals surface area contributed by atoms with Crippen molar-refractivity contribution in [3.63, 3.8) is 0 Å². The fraction of sp³-hybridized carbons (Fsp3) is 0.500. The third-order valence-corrected chi connectivity index (χ3v) is 2.59. The van der Waals surface area contributed by atoms with Crippen molar-refractivity contribution >= 4 is 0 Å². The number of aromatic nitrogens is 1. The minimum Gasteiger partial charge on any atom is -0.385 e. The Morgan fingerprint density at radius 2 is 2.17 bits per heavy atom. The van der Waals surface area contributed by atoms with Gasteiger partial charge in [-0.3, -0.25) is 4.98 Å². The van der Waals surface area contributed by atoms with Gasteiger partial charge in [0.15, 0.2) is 0 Å². The number of pyridine rings is 1. The molecule has 1 N–H and O–H groups in total. The van der Waals surface area contributed by atoms with E-state index in [1.807, 2.05) is 19.2 Å². The number of hydrogen-bond acceptors (Lipinski definition) is 2. The van der Waals surface area contributed by atoms with Crippen LogP contribution in [0, 0.1) is 6.92 Å². The van der Waals surface area contributed by atoms with Gasteiger partial charge < -0.3 is 5.11 Å². The van der Waals surface area contributed by atoms with E-state index in [1.165, 1.54) is 0 Å². The third kappa shape index (κ3) is 1.12. The second-order valence-corrected chi connectivity index (χ2v) is 3.64. The molecule has 1 saturated carbocycles. The van der Waals surface area contributed by atoms with E-state index in [9.17, 15) is 5.11 Å². The van der Waals surface area contributed by atoms with E-state index in [4.69, 9.17) is 0 Å². The van der Waals surface area contributed by atoms with Crippen LogP contribution in [0.15, 0.2) is 18.5 Å². The van der Waals surface area contributed by atoms with Crippen LogP contribution < -0.4 is 0 Å². The van der Waals surface area contributed by atoms with Crippen molar-refractivity contribution in [2.75, 3.05) is 0 Å². The van der Waals surface area contributed by atoms with E-state index in [2.05, 4.69) is 4.98 Å². The van der Waals surface area contributed by atoms with E-state index in [-0.39, 0.29) is 0 Å². The van der Waals surface area contributed by atoms with Crippen molar-refractivity contribution in [3.8, 4) is 0 Å². The topological polar surface area (TPSA) is 33.1 Å². The molecule has 1 aliphatic rings. The summed E-state index contributed by atoms with van der Waals surface area (Å²) in [5.74, 6) is 0. The van der Waals surface area contributed by atoms with Gasteiger partial charge in [0.1, 0.15) is 0 Å². The average molecular weight is 163 g/mol. The molecule has 1 aromatic rings. The van der Waals surface area contributed by atoms with Crippen LogP contribution in [0.3, 0.4) is 0 Å². The van der Waals surface area contributed by atoms with Crippen molar-refractivity contribution < 1.29 is 5.11 Å². The van der Waals surface area contributed by atoms with Crippen LogP contribution in [-0.2, 0) is 5.60 Å². The molecule has 2 nitrogen and oxygen atoms in total. The number of rotatable bonds is 1. The predicted molar refractivity (Wildman–Crippen MR) is 46.7 cm³/mol. The summed E-state index contributed by atoms with van der Waals surface area (Å²) in [7, 11) is 0. The first kappa shape index (κ1) is 7.74. The highest BCUT2D eigenvalue weighted by Gasteiger charge is 2.36. The fourth-order valence-electron chi connectivity index (χ4n) is 1.61. The lowest BCUT2D eigenvalue weighted by atomic mass is 9.75. The molecule has 0 spiro atoms. The summed E-state index contributed by atoms with van der Waals surface area (Å²) in [5, 5.41) is 9.97. The van der Waals surface area contributed by atoms with Gasteiger partial charge in [-0.05, 0) is 31.7 Å². The lowest BCUT2D eigenvalue weighted by molar-refractivity contribution is -0.0391. The van der Waals surface area contributed by atoms with Crippen molar-refractivity contribution in [2.45, 2.75) is 31.8 Å². The standard InChI is InChI=1S/C10H13NO/c1-8-5-9(7-11-6-8)10(12)3-2-4-10/h5-7,12H,2-4H2,1H3. The summed E-state index contributed by atoms with van der Waals surface area (Å²) in [6.07, 6.45) is 6.48. The maximum Gasteiger partial charge on any atom is 0.0911 e. The zero-order valence-electron chi connectivity index (χ0n) is 7.25. The molecule has 12 heavy (non-hydrogen) atoms. The second-order valence-electron chi connectivity index (χ2n) is 3.64. The molecule has 1 heterocycles. The lowest BCUT2D eigenvalue weighted by Gasteiger charge is -2.36. The molecule has 0 bridgehead atoms. The highest BCUT2D eigenvalue weighted by molar-refractivity contribution is 5.24. The molecule has 2 rings (SSSR count). The molecule has 0 aromatic carbocycles. The molecule has 0 aliphatic heterocycles. The van der Waals surface area contributed by atoms with Gasteiger partial charge in [-0.25, -0.2) is 0 Å². The van der Waals surface area contributed by atoms with E-state index < -0.39 is 5.60 Å². The van der Waals surface area contributed by atoms with Crippen molar-refractivity contribution in [1.29, 1.82) is 0 Å². The van der Waals surface area contributed by atoms with Gasteiger partial charge in [0.2, 0.25) is 0 Å². The second kappa shape index (κ2) is 2.56. The number of nitrogens with zero attached hydrogens (tertiary/aromatic N) is 1. The largest absolute Gasteiger partial charge is 0.385 e. The summed E-state index contributed by atoms with van der Waals surface area (Å²) in [6, 6.07) is 2.02. The smallest absolute Gasteiger partial charge is 0.0911 e. The summed E-state index contributed by atoms with van der Waals surface area (Å²) in [6.45, 7) is 2.00. The van der Waals surface area contributed by atoms with Crippen molar-refractivity contribution in [1.82, 2.24) is 4.98 Å². The lowest BCUT2D eigenvalue weighted by Crippen LogP contribution is -2.33. The normalized spacial score (nSPS) is 20.2. The number of aryl methyl sites for hydroxylation is 1. The van der Waals surface area contributed by atoms with Gasteiger partial charge in [0.25, 0.3) is 0 Å². The van der Waals surface area contributed by atoms with Gasteiger partial charge >= 0.3 is 0 Å². The zero-order valence-corrected chi connectivity index (χ0v) is 7.25. The van der Waals surface area contributed by atoms with Crippen LogP contribution in [0.5, 0.6) is 0 Å². The van der Waals surface area contributed by atoms with Gasteiger partial charge in [0.05, 0.1) is 5.60 Å². The maximum absolute atomic E-state index is 9.97. The van der Waals surface area contributed by atoms with Crippen LogP contribution >= 0.6 is 0 Å². The van der Waals surface area contributed by atoms with E-state index in [0.29, 0.717) is 0 Å². The first-order chi connectivity index (χ1) is 5.71. The molecule has 0 saturated heterocycles. The molecule has 1 aliphatic carbocycles. The summed E-state index contributed by atoms with van der Waals surface area (Å²) in [5.41, 5.74) is 1.54. The average Bonchev–Trinajstić information content (AvgIpc) is 2.00. The van der Waals surface area contributed by atoms with Crippen LogP contribution in [0.4, 0.5) is 0 Å². The Morgan fingerprint density at radius 1 is 1.42 bits per heavy atom. The van der Waals surface area contributed by atoms with Gasteiger partial charge in [-0.15, -0.1) is 0 Å². The Bertz CT molecular complexity index is 292. The summed E-state index contributed by atoms with van der Waals surface area (Å²) in [4.78, 5) is 4.07.